The van der Waals surface area contributed by atoms with Gasteiger partial charge in [-0.15, -0.1) is 0 Å². The van der Waals surface area contributed by atoms with Crippen LogP contribution in [0.1, 0.15) is 0 Å². The molecule has 8 heteroatoms. The van der Waals surface area contributed by atoms with E-state index in [-0.39, 0.29) is 51.4 Å². The summed E-state index contributed by atoms with van der Waals surface area (Å²) in [6, 6.07) is 0. The minimum Gasteiger partial charge on any atom is -0.755 e. The van der Waals surface area contributed by atoms with E-state index in [1.165, 1.54) is 0 Å². The van der Waals surface area contributed by atoms with Crippen molar-refractivity contribution in [2.24, 2.45) is 0 Å². The average molecular weight is 182 g/mol. The monoisotopic (exact) mass is 182 g/mol. The van der Waals surface area contributed by atoms with Crippen molar-refractivity contribution in [3.8, 4) is 0 Å². The molecule has 5 nitrogen and oxygen atoms in total. The first-order valence-electron chi connectivity index (χ1n) is 1.23. The van der Waals surface area contributed by atoms with Crippen LogP contribution in [0.4, 0.5) is 0 Å². The Morgan fingerprint density at radius 1 is 1.50 bits per heavy atom. The summed E-state index contributed by atoms with van der Waals surface area (Å²) in [7, 11) is -4.07. The molecule has 1 fully saturated rings. The first kappa shape index (κ1) is 9.90. The minimum atomic E-state index is -4.07. The summed E-state index contributed by atoms with van der Waals surface area (Å²) < 4.78 is 26.4. The maximum Gasteiger partial charge on any atom is 1.00 e. The van der Waals surface area contributed by atoms with Gasteiger partial charge in [-0.1, -0.05) is 0 Å². The van der Waals surface area contributed by atoms with E-state index < -0.39 is 19.2 Å². The van der Waals surface area contributed by atoms with Crippen LogP contribution in [-0.4, -0.2) is 4.21 Å². The first-order valence-corrected chi connectivity index (χ1v) is 3.69. The third-order valence-corrected chi connectivity index (χ3v) is 2.74. The van der Waals surface area contributed by atoms with E-state index in [4.69, 9.17) is 0 Å². The van der Waals surface area contributed by atoms with Gasteiger partial charge in [0, 0.05) is 0 Å². The van der Waals surface area contributed by atoms with Crippen molar-refractivity contribution in [3.05, 3.63) is 0 Å². The molecule has 0 spiro atoms. The van der Waals surface area contributed by atoms with Crippen LogP contribution in [0.3, 0.4) is 0 Å². The molecule has 0 aromatic carbocycles. The van der Waals surface area contributed by atoms with Crippen LogP contribution in [-0.2, 0) is 23.9 Å². The SMILES string of the molecule is O=S1OP(=O)([O-])O1.[K+]. The maximum absolute atomic E-state index is 9.69. The van der Waals surface area contributed by atoms with E-state index in [0.29, 0.717) is 0 Å². The number of phosphoric acid groups is 1. The van der Waals surface area contributed by atoms with Crippen molar-refractivity contribution < 1.29 is 73.0 Å². The van der Waals surface area contributed by atoms with Gasteiger partial charge in [-0.2, -0.15) is 12.1 Å². The Morgan fingerprint density at radius 2 is 1.88 bits per heavy atom. The Bertz CT molecular complexity index is 141. The molecule has 1 rings (SSSR count). The Kier molecular flexibility index (Phi) is 4.13. The Balaban J connectivity index is 0.000000490. The number of rotatable bonds is 0. The zero-order valence-electron chi connectivity index (χ0n) is 3.90. The van der Waals surface area contributed by atoms with E-state index in [9.17, 15) is 13.7 Å². The molecular formula is KO5PS. The van der Waals surface area contributed by atoms with Gasteiger partial charge < -0.3 is 4.89 Å². The molecule has 0 unspecified atom stereocenters. The summed E-state index contributed by atoms with van der Waals surface area (Å²) >= 11 is -2.04. The van der Waals surface area contributed by atoms with E-state index in [1.54, 1.807) is 0 Å². The smallest absolute Gasteiger partial charge is 0.755 e. The Labute approximate surface area is 90.7 Å². The molecule has 0 atom stereocenters. The maximum atomic E-state index is 9.69. The van der Waals surface area contributed by atoms with Crippen LogP contribution in [0.15, 0.2) is 0 Å². The van der Waals surface area contributed by atoms with Gasteiger partial charge in [0.25, 0.3) is 7.82 Å². The molecule has 0 N–H and O–H groups in total. The Hall–Kier alpha value is 1.90. The molecular weight excluding hydrogens is 182 g/mol. The number of hydrogen-bond acceptors (Lipinski definition) is 5. The van der Waals surface area contributed by atoms with Gasteiger partial charge in [-0.25, -0.2) is 0 Å². The van der Waals surface area contributed by atoms with Crippen molar-refractivity contribution >= 4 is 19.2 Å². The molecule has 0 radical (unpaired) electrons. The van der Waals surface area contributed by atoms with Crippen LogP contribution in [0, 0.1) is 0 Å². The number of hydrogen-bond donors (Lipinski definition) is 0. The van der Waals surface area contributed by atoms with Crippen molar-refractivity contribution in [1.29, 1.82) is 0 Å². The second-order valence-electron chi connectivity index (χ2n) is 0.800. The van der Waals surface area contributed by atoms with Crippen LogP contribution in [0.25, 0.3) is 0 Å². The van der Waals surface area contributed by atoms with E-state index in [0.717, 1.165) is 0 Å². The van der Waals surface area contributed by atoms with Gasteiger partial charge in [0.15, 0.2) is 0 Å². The van der Waals surface area contributed by atoms with Crippen molar-refractivity contribution in [2.45, 2.75) is 0 Å². The Morgan fingerprint density at radius 3 is 1.88 bits per heavy atom. The van der Waals surface area contributed by atoms with Crippen LogP contribution in [0.2, 0.25) is 0 Å². The van der Waals surface area contributed by atoms with Gasteiger partial charge in [0.2, 0.25) is 0 Å². The first-order chi connectivity index (χ1) is 3.10. The molecule has 0 amide bonds. The molecule has 0 bridgehead atoms. The zero-order valence-corrected chi connectivity index (χ0v) is 8.73. The van der Waals surface area contributed by atoms with Gasteiger partial charge in [0.1, 0.15) is 0 Å². The van der Waals surface area contributed by atoms with Crippen molar-refractivity contribution in [3.63, 3.8) is 0 Å². The standard InChI is InChI=1S/K.HO5PS/c;1-6(2)4-7(3)5-6/h;(H,1,2)/q+1;/p-1. The molecule has 0 aliphatic carbocycles. The molecule has 1 saturated heterocycles. The summed E-state index contributed by atoms with van der Waals surface area (Å²) in [5.41, 5.74) is 0. The quantitative estimate of drug-likeness (QED) is 0.282. The second kappa shape index (κ2) is 3.34. The molecule has 1 aliphatic rings. The molecule has 0 aromatic heterocycles. The fraction of sp³-hybridized carbons (Fsp3) is 0. The van der Waals surface area contributed by atoms with E-state index >= 15 is 0 Å². The van der Waals surface area contributed by atoms with Crippen molar-refractivity contribution in [2.75, 3.05) is 0 Å². The van der Waals surface area contributed by atoms with Crippen LogP contribution in [0.5, 0.6) is 0 Å². The van der Waals surface area contributed by atoms with Crippen LogP contribution >= 0.6 is 7.82 Å². The molecule has 1 heterocycles. The van der Waals surface area contributed by atoms with E-state index in [2.05, 4.69) is 7.94 Å². The third-order valence-electron chi connectivity index (χ3n) is 0.304. The minimum absolute atomic E-state index is 0. The summed E-state index contributed by atoms with van der Waals surface area (Å²) in [5, 5.41) is 0. The van der Waals surface area contributed by atoms with Crippen molar-refractivity contribution in [1.82, 2.24) is 0 Å². The summed E-state index contributed by atoms with van der Waals surface area (Å²) in [6.07, 6.45) is 0. The fourth-order valence-corrected chi connectivity index (χ4v) is 1.39. The van der Waals surface area contributed by atoms with Gasteiger partial charge >= 0.3 is 62.7 Å². The van der Waals surface area contributed by atoms with E-state index in [1.807, 2.05) is 0 Å². The van der Waals surface area contributed by atoms with Gasteiger partial charge in [-0.3, -0.25) is 4.57 Å². The molecule has 1 aliphatic heterocycles. The largest absolute Gasteiger partial charge is 1.00 e. The average Bonchev–Trinajstić information content (AvgIpc) is 1.27. The molecule has 0 saturated carbocycles. The summed E-state index contributed by atoms with van der Waals surface area (Å²) in [5.74, 6) is 0. The topological polar surface area (TPSA) is 75.7 Å². The molecule has 42 valence electrons. The predicted octanol–water partition coefficient (Wildman–Crippen LogP) is -3.92. The fourth-order valence-electron chi connectivity index (χ4n) is 0.155. The predicted molar refractivity (Wildman–Crippen MR) is 17.9 cm³/mol. The third kappa shape index (κ3) is 2.65. The summed E-state index contributed by atoms with van der Waals surface area (Å²) in [4.78, 5) is 9.69. The molecule has 8 heavy (non-hydrogen) atoms. The second-order valence-corrected chi connectivity index (χ2v) is 3.30. The molecule has 0 aromatic rings. The normalized spacial score (nSPS) is 44.4. The van der Waals surface area contributed by atoms with Gasteiger partial charge in [-0.05, 0) is 0 Å². The summed E-state index contributed by atoms with van der Waals surface area (Å²) in [6.45, 7) is 0. The van der Waals surface area contributed by atoms with Gasteiger partial charge in [0.05, 0.1) is 0 Å². The zero-order chi connectivity index (χ0) is 5.49. The van der Waals surface area contributed by atoms with Crippen LogP contribution < -0.4 is 56.3 Å².